The molecule has 0 saturated carbocycles. The summed E-state index contributed by atoms with van der Waals surface area (Å²) in [5.74, 6) is -1.22. The van der Waals surface area contributed by atoms with E-state index in [1.807, 2.05) is 0 Å². The van der Waals surface area contributed by atoms with E-state index in [0.717, 1.165) is 23.7 Å². The van der Waals surface area contributed by atoms with E-state index in [-0.39, 0.29) is 25.8 Å². The zero-order valence-electron chi connectivity index (χ0n) is 9.37. The normalized spacial score (nSPS) is 11.3. The maximum Gasteiger partial charge on any atom is 0.336 e. The minimum atomic E-state index is -4.01. The minimum Gasteiger partial charge on any atom is -0.478 e. The van der Waals surface area contributed by atoms with Crippen LogP contribution in [-0.4, -0.2) is 29.5 Å². The van der Waals surface area contributed by atoms with Crippen molar-refractivity contribution >= 4 is 56.2 Å². The third kappa shape index (κ3) is 3.01. The van der Waals surface area contributed by atoms with Crippen LogP contribution in [0, 0.1) is 0 Å². The van der Waals surface area contributed by atoms with E-state index in [9.17, 15) is 13.2 Å². The van der Waals surface area contributed by atoms with E-state index in [4.69, 9.17) is 28.3 Å². The number of carbonyl (C=O) groups is 1. The van der Waals surface area contributed by atoms with Gasteiger partial charge in [0.2, 0.25) is 0 Å². The molecule has 20 heavy (non-hydrogen) atoms. The van der Waals surface area contributed by atoms with Gasteiger partial charge in [0.25, 0.3) is 10.0 Å². The lowest BCUT2D eigenvalue weighted by atomic mass is 10.4. The van der Waals surface area contributed by atoms with Crippen LogP contribution in [0.2, 0.25) is 10.3 Å². The van der Waals surface area contributed by atoms with Gasteiger partial charge < -0.3 is 5.11 Å². The monoisotopic (exact) mass is 353 g/mol. The van der Waals surface area contributed by atoms with Crippen molar-refractivity contribution in [1.82, 2.24) is 9.97 Å². The molecule has 0 atom stereocenters. The van der Waals surface area contributed by atoms with Gasteiger partial charge in [-0.15, -0.1) is 11.3 Å². The van der Waals surface area contributed by atoms with Crippen LogP contribution in [-0.2, 0) is 10.0 Å². The van der Waals surface area contributed by atoms with Gasteiger partial charge in [0.05, 0.1) is 5.56 Å². The average Bonchev–Trinajstić information content (AvgIpc) is 2.84. The molecule has 0 spiro atoms. The van der Waals surface area contributed by atoms with Gasteiger partial charge in [-0.3, -0.25) is 4.72 Å². The number of rotatable bonds is 4. The molecule has 2 N–H and O–H groups in total. The van der Waals surface area contributed by atoms with Crippen molar-refractivity contribution in [2.45, 2.75) is 4.21 Å². The fourth-order valence-electron chi connectivity index (χ4n) is 1.18. The predicted molar refractivity (Wildman–Crippen MR) is 74.1 cm³/mol. The van der Waals surface area contributed by atoms with E-state index < -0.39 is 16.0 Å². The SMILES string of the molecule is O=C(O)c1csc(S(=O)(=O)Nc2c(Cl)ncnc2Cl)c1. The van der Waals surface area contributed by atoms with Crippen molar-refractivity contribution in [3.63, 3.8) is 0 Å². The molecule has 0 bridgehead atoms. The van der Waals surface area contributed by atoms with Crippen molar-refractivity contribution in [3.8, 4) is 0 Å². The van der Waals surface area contributed by atoms with E-state index in [0.29, 0.717) is 0 Å². The second kappa shape index (κ2) is 5.52. The average molecular weight is 354 g/mol. The quantitative estimate of drug-likeness (QED) is 0.816. The predicted octanol–water partition coefficient (Wildman–Crippen LogP) is 2.34. The molecule has 106 valence electrons. The Morgan fingerprint density at radius 1 is 1.30 bits per heavy atom. The molecular weight excluding hydrogens is 349 g/mol. The first-order chi connectivity index (χ1) is 9.31. The summed E-state index contributed by atoms with van der Waals surface area (Å²) in [6.45, 7) is 0. The van der Waals surface area contributed by atoms with Crippen LogP contribution in [0.5, 0.6) is 0 Å². The third-order valence-corrected chi connectivity index (χ3v) is 5.44. The van der Waals surface area contributed by atoms with Crippen LogP contribution in [0.1, 0.15) is 10.4 Å². The number of halogens is 2. The second-order valence-electron chi connectivity index (χ2n) is 3.40. The van der Waals surface area contributed by atoms with E-state index in [1.54, 1.807) is 0 Å². The third-order valence-electron chi connectivity index (χ3n) is 2.08. The van der Waals surface area contributed by atoms with Gasteiger partial charge in [-0.25, -0.2) is 23.2 Å². The van der Waals surface area contributed by atoms with Gasteiger partial charge in [0, 0.05) is 5.38 Å². The number of aromatic nitrogens is 2. The molecule has 0 aliphatic carbocycles. The van der Waals surface area contributed by atoms with Crippen LogP contribution in [0.3, 0.4) is 0 Å². The zero-order chi connectivity index (χ0) is 14.9. The van der Waals surface area contributed by atoms with E-state index in [2.05, 4.69) is 14.7 Å². The minimum absolute atomic E-state index is 0.128. The highest BCUT2D eigenvalue weighted by Gasteiger charge is 2.22. The standard InChI is InChI=1S/C9H5Cl2N3O4S2/c10-7-6(8(11)13-3-12-7)14-20(17,18)5-1-4(2-19-5)9(15)16/h1-3,14H,(H,15,16). The van der Waals surface area contributed by atoms with Gasteiger partial charge in [-0.1, -0.05) is 23.2 Å². The molecule has 7 nitrogen and oxygen atoms in total. The molecule has 2 aromatic rings. The lowest BCUT2D eigenvalue weighted by Gasteiger charge is -2.08. The lowest BCUT2D eigenvalue weighted by molar-refractivity contribution is 0.0697. The Balaban J connectivity index is 2.38. The molecule has 2 rings (SSSR count). The number of thiophene rings is 1. The Labute approximate surface area is 127 Å². The Kier molecular flexibility index (Phi) is 4.14. The van der Waals surface area contributed by atoms with Gasteiger partial charge in [0.1, 0.15) is 16.2 Å². The summed E-state index contributed by atoms with van der Waals surface area (Å²) < 4.78 is 26.1. The number of carboxylic acid groups (broad SMARTS) is 1. The highest BCUT2D eigenvalue weighted by Crippen LogP contribution is 2.30. The maximum absolute atomic E-state index is 12.1. The molecule has 0 saturated heterocycles. The fraction of sp³-hybridized carbons (Fsp3) is 0. The van der Waals surface area contributed by atoms with Gasteiger partial charge in [-0.2, -0.15) is 0 Å². The molecule has 11 heteroatoms. The number of nitrogens with one attached hydrogen (secondary N) is 1. The van der Waals surface area contributed by atoms with Crippen LogP contribution in [0.25, 0.3) is 0 Å². The second-order valence-corrected chi connectivity index (χ2v) is 6.93. The molecule has 0 amide bonds. The number of nitrogens with zero attached hydrogens (tertiary/aromatic N) is 2. The summed E-state index contributed by atoms with van der Waals surface area (Å²) in [5.41, 5.74) is -0.294. The molecule has 0 aromatic carbocycles. The fourth-order valence-corrected chi connectivity index (χ4v) is 3.93. The number of sulfonamides is 1. The summed E-state index contributed by atoms with van der Waals surface area (Å²) in [7, 11) is -4.01. The van der Waals surface area contributed by atoms with Crippen molar-refractivity contribution in [2.24, 2.45) is 0 Å². The van der Waals surface area contributed by atoms with Crippen LogP contribution in [0.4, 0.5) is 5.69 Å². The Bertz CT molecular complexity index is 755. The Morgan fingerprint density at radius 2 is 1.90 bits per heavy atom. The lowest BCUT2D eigenvalue weighted by Crippen LogP contribution is -2.13. The topological polar surface area (TPSA) is 109 Å². The maximum atomic E-state index is 12.1. The van der Waals surface area contributed by atoms with Gasteiger partial charge in [0.15, 0.2) is 10.3 Å². The largest absolute Gasteiger partial charge is 0.478 e. The highest BCUT2D eigenvalue weighted by atomic mass is 35.5. The summed E-state index contributed by atoms with van der Waals surface area (Å²) in [5, 5.41) is 9.65. The van der Waals surface area contributed by atoms with Crippen LogP contribution >= 0.6 is 34.5 Å². The van der Waals surface area contributed by atoms with Crippen molar-refractivity contribution in [2.75, 3.05) is 4.72 Å². The number of hydrogen-bond acceptors (Lipinski definition) is 6. The Hall–Kier alpha value is -1.42. The summed E-state index contributed by atoms with van der Waals surface area (Å²) in [6.07, 6.45) is 1.08. The molecule has 0 aliphatic heterocycles. The van der Waals surface area contributed by atoms with Gasteiger partial charge >= 0.3 is 5.97 Å². The van der Waals surface area contributed by atoms with Crippen molar-refractivity contribution < 1.29 is 18.3 Å². The summed E-state index contributed by atoms with van der Waals surface area (Å²) in [4.78, 5) is 17.9. The van der Waals surface area contributed by atoms with Crippen molar-refractivity contribution in [1.29, 1.82) is 0 Å². The molecular formula is C9H5Cl2N3O4S2. The summed E-state index contributed by atoms with van der Waals surface area (Å²) in [6, 6.07) is 1.03. The number of anilines is 1. The first-order valence-electron chi connectivity index (χ1n) is 4.82. The smallest absolute Gasteiger partial charge is 0.336 e. The van der Waals surface area contributed by atoms with E-state index in [1.165, 1.54) is 5.38 Å². The molecule has 2 heterocycles. The number of hydrogen-bond donors (Lipinski definition) is 2. The Morgan fingerprint density at radius 3 is 2.40 bits per heavy atom. The first kappa shape index (κ1) is 15.0. The van der Waals surface area contributed by atoms with Crippen LogP contribution in [0.15, 0.2) is 22.0 Å². The number of carboxylic acids is 1. The molecule has 2 aromatic heterocycles. The number of aromatic carboxylic acids is 1. The zero-order valence-corrected chi connectivity index (χ0v) is 12.5. The molecule has 0 unspecified atom stereocenters. The van der Waals surface area contributed by atoms with Crippen molar-refractivity contribution in [3.05, 3.63) is 33.6 Å². The first-order valence-corrected chi connectivity index (χ1v) is 7.94. The van der Waals surface area contributed by atoms with Gasteiger partial charge in [-0.05, 0) is 6.07 Å². The van der Waals surface area contributed by atoms with E-state index >= 15 is 0 Å². The van der Waals surface area contributed by atoms with Crippen LogP contribution < -0.4 is 4.72 Å². The molecule has 0 radical (unpaired) electrons. The highest BCUT2D eigenvalue weighted by molar-refractivity contribution is 7.94. The molecule has 0 aliphatic rings. The summed E-state index contributed by atoms with van der Waals surface area (Å²) >= 11 is 12.2. The molecule has 0 fully saturated rings.